The quantitative estimate of drug-likeness (QED) is 0.877. The van der Waals surface area contributed by atoms with Gasteiger partial charge in [0.15, 0.2) is 12.2 Å². The minimum Gasteiger partial charge on any atom is -0.497 e. The van der Waals surface area contributed by atoms with Gasteiger partial charge in [-0.2, -0.15) is 0 Å². The predicted molar refractivity (Wildman–Crippen MR) is 74.9 cm³/mol. The summed E-state index contributed by atoms with van der Waals surface area (Å²) in [6.45, 7) is 0.705. The molecule has 1 aromatic heterocycles. The van der Waals surface area contributed by atoms with Crippen LogP contribution in [0, 0.1) is 0 Å². The lowest BCUT2D eigenvalue weighted by Gasteiger charge is -2.09. The first-order chi connectivity index (χ1) is 9.81. The van der Waals surface area contributed by atoms with E-state index >= 15 is 0 Å². The third kappa shape index (κ3) is 2.63. The first-order valence-electron chi connectivity index (χ1n) is 6.70. The Morgan fingerprint density at radius 2 is 2.15 bits per heavy atom. The molecule has 1 N–H and O–H groups in total. The van der Waals surface area contributed by atoms with Gasteiger partial charge in [-0.15, -0.1) is 0 Å². The molecule has 0 bridgehead atoms. The van der Waals surface area contributed by atoms with E-state index in [1.54, 1.807) is 14.2 Å². The highest BCUT2D eigenvalue weighted by molar-refractivity contribution is 5.69. The molecule has 1 saturated carbocycles. The molecule has 0 amide bonds. The normalized spacial score (nSPS) is 14.3. The maximum Gasteiger partial charge on any atom is 0.181 e. The van der Waals surface area contributed by atoms with Gasteiger partial charge in [-0.3, -0.25) is 0 Å². The van der Waals surface area contributed by atoms with Gasteiger partial charge in [0.2, 0.25) is 0 Å². The lowest BCUT2D eigenvalue weighted by atomic mass is 10.1. The molecule has 2 aromatic rings. The van der Waals surface area contributed by atoms with E-state index in [0.717, 1.165) is 28.5 Å². The van der Waals surface area contributed by atoms with Crippen LogP contribution < -0.4 is 14.8 Å². The van der Waals surface area contributed by atoms with Crippen molar-refractivity contribution < 1.29 is 13.9 Å². The summed E-state index contributed by atoms with van der Waals surface area (Å²) in [6.07, 6.45) is 3.96. The monoisotopic (exact) mass is 274 g/mol. The second-order valence-corrected chi connectivity index (χ2v) is 4.85. The average molecular weight is 274 g/mol. The van der Waals surface area contributed by atoms with E-state index in [2.05, 4.69) is 10.3 Å². The summed E-state index contributed by atoms with van der Waals surface area (Å²) in [5, 5.41) is 3.44. The van der Waals surface area contributed by atoms with Gasteiger partial charge < -0.3 is 19.2 Å². The molecule has 3 rings (SSSR count). The number of nitrogens with zero attached hydrogens (tertiary/aromatic N) is 1. The summed E-state index contributed by atoms with van der Waals surface area (Å²) in [4.78, 5) is 4.30. The van der Waals surface area contributed by atoms with Crippen LogP contribution in [0.3, 0.4) is 0 Å². The van der Waals surface area contributed by atoms with E-state index in [-0.39, 0.29) is 0 Å². The SMILES string of the molecule is COc1ccc(OC)c(-c2ocnc2CNC2CC2)c1. The molecule has 0 aliphatic heterocycles. The third-order valence-corrected chi connectivity index (χ3v) is 3.43. The Morgan fingerprint density at radius 1 is 1.30 bits per heavy atom. The van der Waals surface area contributed by atoms with Crippen LogP contribution in [0.4, 0.5) is 0 Å². The van der Waals surface area contributed by atoms with Crippen LogP contribution in [0.15, 0.2) is 29.0 Å². The van der Waals surface area contributed by atoms with Gasteiger partial charge >= 0.3 is 0 Å². The fourth-order valence-corrected chi connectivity index (χ4v) is 2.13. The summed E-state index contributed by atoms with van der Waals surface area (Å²) in [5.41, 5.74) is 1.75. The molecule has 1 aliphatic rings. The third-order valence-electron chi connectivity index (χ3n) is 3.43. The predicted octanol–water partition coefficient (Wildman–Crippen LogP) is 2.61. The molecule has 0 saturated heterocycles. The van der Waals surface area contributed by atoms with E-state index in [0.29, 0.717) is 12.6 Å². The average Bonchev–Trinajstić information content (AvgIpc) is 3.21. The first-order valence-corrected chi connectivity index (χ1v) is 6.70. The summed E-state index contributed by atoms with van der Waals surface area (Å²) >= 11 is 0. The van der Waals surface area contributed by atoms with Crippen molar-refractivity contribution in [3.05, 3.63) is 30.3 Å². The summed E-state index contributed by atoms with van der Waals surface area (Å²) in [5.74, 6) is 2.24. The smallest absolute Gasteiger partial charge is 0.181 e. The summed E-state index contributed by atoms with van der Waals surface area (Å²) in [6, 6.07) is 6.27. The highest BCUT2D eigenvalue weighted by Gasteiger charge is 2.22. The van der Waals surface area contributed by atoms with Gasteiger partial charge in [-0.25, -0.2) is 4.98 Å². The van der Waals surface area contributed by atoms with E-state index < -0.39 is 0 Å². The van der Waals surface area contributed by atoms with Crippen molar-refractivity contribution in [2.75, 3.05) is 14.2 Å². The van der Waals surface area contributed by atoms with Crippen molar-refractivity contribution in [2.24, 2.45) is 0 Å². The zero-order chi connectivity index (χ0) is 13.9. The maximum atomic E-state index is 5.56. The van der Waals surface area contributed by atoms with Gasteiger partial charge in [-0.1, -0.05) is 0 Å². The zero-order valence-electron chi connectivity index (χ0n) is 11.7. The van der Waals surface area contributed by atoms with Gasteiger partial charge in [0.1, 0.15) is 17.2 Å². The number of benzene rings is 1. The largest absolute Gasteiger partial charge is 0.497 e. The lowest BCUT2D eigenvalue weighted by Crippen LogP contribution is -2.16. The fourth-order valence-electron chi connectivity index (χ4n) is 2.13. The highest BCUT2D eigenvalue weighted by atomic mass is 16.5. The van der Waals surface area contributed by atoms with Crippen LogP contribution >= 0.6 is 0 Å². The summed E-state index contributed by atoms with van der Waals surface area (Å²) < 4.78 is 16.2. The van der Waals surface area contributed by atoms with Crippen molar-refractivity contribution in [1.29, 1.82) is 0 Å². The van der Waals surface area contributed by atoms with Crippen LogP contribution in [-0.4, -0.2) is 25.2 Å². The Hall–Kier alpha value is -2.01. The fraction of sp³-hybridized carbons (Fsp3) is 0.400. The lowest BCUT2D eigenvalue weighted by molar-refractivity contribution is 0.403. The van der Waals surface area contributed by atoms with E-state index in [1.807, 2.05) is 18.2 Å². The van der Waals surface area contributed by atoms with Crippen molar-refractivity contribution in [3.63, 3.8) is 0 Å². The molecule has 5 nitrogen and oxygen atoms in total. The number of nitrogens with one attached hydrogen (secondary N) is 1. The van der Waals surface area contributed by atoms with Crippen molar-refractivity contribution in [1.82, 2.24) is 10.3 Å². The minimum absolute atomic E-state index is 0.631. The van der Waals surface area contributed by atoms with E-state index in [9.17, 15) is 0 Å². The standard InChI is InChI=1S/C15H18N2O3/c1-18-11-5-6-14(19-2)12(7-11)15-13(17-9-20-15)8-16-10-3-4-10/h5-7,9-10,16H,3-4,8H2,1-2H3. The van der Waals surface area contributed by atoms with Gasteiger partial charge in [0.25, 0.3) is 0 Å². The van der Waals surface area contributed by atoms with Gasteiger partial charge in [0, 0.05) is 12.6 Å². The van der Waals surface area contributed by atoms with E-state index in [1.165, 1.54) is 19.2 Å². The molecule has 0 radical (unpaired) electrons. The molecule has 1 heterocycles. The molecule has 0 atom stereocenters. The molecule has 1 fully saturated rings. The van der Waals surface area contributed by atoms with Crippen LogP contribution in [0.5, 0.6) is 11.5 Å². The van der Waals surface area contributed by atoms with Crippen LogP contribution in [0.25, 0.3) is 11.3 Å². The molecule has 1 aromatic carbocycles. The Balaban J connectivity index is 1.92. The molecular formula is C15H18N2O3. The molecule has 106 valence electrons. The van der Waals surface area contributed by atoms with Gasteiger partial charge in [-0.05, 0) is 31.0 Å². The molecule has 5 heteroatoms. The van der Waals surface area contributed by atoms with Crippen molar-refractivity contribution in [3.8, 4) is 22.8 Å². The zero-order valence-corrected chi connectivity index (χ0v) is 11.7. The molecule has 1 aliphatic carbocycles. The first kappa shape index (κ1) is 13.0. The molecule has 0 spiro atoms. The number of aromatic nitrogens is 1. The van der Waals surface area contributed by atoms with Crippen molar-refractivity contribution in [2.45, 2.75) is 25.4 Å². The summed E-state index contributed by atoms with van der Waals surface area (Å²) in [7, 11) is 3.28. The minimum atomic E-state index is 0.631. The Morgan fingerprint density at radius 3 is 2.85 bits per heavy atom. The number of rotatable bonds is 6. The Bertz CT molecular complexity index is 591. The molecular weight excluding hydrogens is 256 g/mol. The Labute approximate surface area is 117 Å². The molecule has 20 heavy (non-hydrogen) atoms. The topological polar surface area (TPSA) is 56.5 Å². The highest BCUT2D eigenvalue weighted by Crippen LogP contribution is 2.35. The number of ether oxygens (including phenoxy) is 2. The number of methoxy groups -OCH3 is 2. The maximum absolute atomic E-state index is 5.56. The number of hydrogen-bond donors (Lipinski definition) is 1. The van der Waals surface area contributed by atoms with Crippen molar-refractivity contribution >= 4 is 0 Å². The van der Waals surface area contributed by atoms with Gasteiger partial charge in [0.05, 0.1) is 19.8 Å². The van der Waals surface area contributed by atoms with E-state index in [4.69, 9.17) is 13.9 Å². The Kier molecular flexibility index (Phi) is 3.60. The van der Waals surface area contributed by atoms with Crippen LogP contribution in [0.1, 0.15) is 18.5 Å². The number of hydrogen-bond acceptors (Lipinski definition) is 5. The second kappa shape index (κ2) is 5.54. The van der Waals surface area contributed by atoms with Crippen LogP contribution in [0.2, 0.25) is 0 Å². The molecule has 0 unspecified atom stereocenters. The second-order valence-electron chi connectivity index (χ2n) is 4.85. The number of oxazole rings is 1. The van der Waals surface area contributed by atoms with Crippen LogP contribution in [-0.2, 0) is 6.54 Å².